The first kappa shape index (κ1) is 29.4. The fourth-order valence-electron chi connectivity index (χ4n) is 1.64. The summed E-state index contributed by atoms with van der Waals surface area (Å²) in [5, 5.41) is 0. The smallest absolute Gasteiger partial charge is 0.465 e. The van der Waals surface area contributed by atoms with Crippen LogP contribution in [-0.2, 0) is 48.7 Å². The Morgan fingerprint density at radius 2 is 0.906 bits per heavy atom. The molecular formula is C12H14F6N2O10S2. The highest BCUT2D eigenvalue weighted by atomic mass is 32.2. The van der Waals surface area contributed by atoms with Gasteiger partial charge in [0.05, 0.1) is 13.2 Å². The van der Waals surface area contributed by atoms with E-state index in [1.807, 2.05) is 0 Å². The molecule has 2 amide bonds. The van der Waals surface area contributed by atoms with Gasteiger partial charge in [0.2, 0.25) is 0 Å². The standard InChI is InChI=1S/C12H14F6N2O10S2/c1-3-29-7(21)5-19(31(25,26)11(13,14)15)9(23)10(24)20(6-8(22)30-4-2)32(27,28)12(16,17)18/h3-6H2,1-2H3. The van der Waals surface area contributed by atoms with Gasteiger partial charge in [-0.25, -0.2) is 8.61 Å². The van der Waals surface area contributed by atoms with Crippen LogP contribution >= 0.6 is 0 Å². The van der Waals surface area contributed by atoms with E-state index in [1.54, 1.807) is 0 Å². The molecule has 0 aromatic rings. The van der Waals surface area contributed by atoms with Crippen molar-refractivity contribution in [2.24, 2.45) is 0 Å². The molecule has 12 nitrogen and oxygen atoms in total. The first-order chi connectivity index (χ1) is 14.3. The average Bonchev–Trinajstić information content (AvgIpc) is 2.61. The van der Waals surface area contributed by atoms with Gasteiger partial charge in [-0.15, -0.1) is 0 Å². The zero-order valence-electron chi connectivity index (χ0n) is 15.9. The Bertz CT molecular complexity index is 880. The maximum Gasteiger partial charge on any atom is 0.516 e. The number of carbonyl (C=O) groups excluding carboxylic acids is 4. The van der Waals surface area contributed by atoms with Gasteiger partial charge in [-0.1, -0.05) is 0 Å². The molecule has 20 heteroatoms. The predicted octanol–water partition coefficient (Wildman–Crippen LogP) is -0.531. The Morgan fingerprint density at radius 3 is 1.09 bits per heavy atom. The maximum atomic E-state index is 12.8. The van der Waals surface area contributed by atoms with Crippen LogP contribution in [-0.4, -0.2) is 86.5 Å². The maximum absolute atomic E-state index is 12.8. The van der Waals surface area contributed by atoms with Gasteiger partial charge in [0, 0.05) is 0 Å². The Morgan fingerprint density at radius 1 is 0.656 bits per heavy atom. The van der Waals surface area contributed by atoms with Gasteiger partial charge in [-0.05, 0) is 13.8 Å². The van der Waals surface area contributed by atoms with Gasteiger partial charge in [0.15, 0.2) is 0 Å². The minimum Gasteiger partial charge on any atom is -0.465 e. The summed E-state index contributed by atoms with van der Waals surface area (Å²) in [6.45, 7) is -3.22. The van der Waals surface area contributed by atoms with Crippen molar-refractivity contribution < 1.29 is 71.8 Å². The Kier molecular flexibility index (Phi) is 9.47. The quantitative estimate of drug-likeness (QED) is 0.229. The lowest BCUT2D eigenvalue weighted by molar-refractivity contribution is -0.154. The molecule has 0 radical (unpaired) electrons. The summed E-state index contributed by atoms with van der Waals surface area (Å²) < 4.78 is 129. The van der Waals surface area contributed by atoms with E-state index in [0.29, 0.717) is 0 Å². The van der Waals surface area contributed by atoms with Gasteiger partial charge in [0.25, 0.3) is 0 Å². The van der Waals surface area contributed by atoms with E-state index in [2.05, 4.69) is 9.47 Å². The average molecular weight is 524 g/mol. The molecule has 0 saturated heterocycles. The highest BCUT2D eigenvalue weighted by Gasteiger charge is 2.57. The monoisotopic (exact) mass is 524 g/mol. The van der Waals surface area contributed by atoms with Crippen LogP contribution in [0.3, 0.4) is 0 Å². The zero-order valence-corrected chi connectivity index (χ0v) is 17.5. The van der Waals surface area contributed by atoms with Gasteiger partial charge < -0.3 is 9.47 Å². The van der Waals surface area contributed by atoms with Gasteiger partial charge >= 0.3 is 54.8 Å². The molecule has 0 aliphatic carbocycles. The van der Waals surface area contributed by atoms with Crippen LogP contribution in [0, 0.1) is 0 Å². The van der Waals surface area contributed by atoms with Gasteiger partial charge in [-0.3, -0.25) is 19.2 Å². The molecule has 0 unspecified atom stereocenters. The molecule has 0 heterocycles. The Balaban J connectivity index is 6.56. The summed E-state index contributed by atoms with van der Waals surface area (Å²) in [5.41, 5.74) is -12.7. The van der Waals surface area contributed by atoms with Crippen molar-refractivity contribution in [1.82, 2.24) is 8.61 Å². The third-order valence-corrected chi connectivity index (χ3v) is 5.88. The molecule has 0 spiro atoms. The minimum absolute atomic E-state index is 0.557. The molecule has 0 aliphatic rings. The summed E-state index contributed by atoms with van der Waals surface area (Å²) in [6.07, 6.45) is 0. The van der Waals surface area contributed by atoms with E-state index in [0.717, 1.165) is 13.8 Å². The fourth-order valence-corrected chi connectivity index (χ4v) is 3.29. The molecular weight excluding hydrogens is 510 g/mol. The van der Waals surface area contributed by atoms with Crippen molar-refractivity contribution in [3.8, 4) is 0 Å². The lowest BCUT2D eigenvalue weighted by atomic mass is 10.5. The molecule has 0 atom stereocenters. The third kappa shape index (κ3) is 6.68. The van der Waals surface area contributed by atoms with Crippen molar-refractivity contribution in [2.45, 2.75) is 24.9 Å². The number of hydrogen-bond donors (Lipinski definition) is 0. The van der Waals surface area contributed by atoms with Crippen molar-refractivity contribution in [3.63, 3.8) is 0 Å². The molecule has 32 heavy (non-hydrogen) atoms. The highest BCUT2D eigenvalue weighted by molar-refractivity contribution is 7.91. The van der Waals surface area contributed by atoms with E-state index in [-0.39, 0.29) is 0 Å². The SMILES string of the molecule is CCOC(=O)CN(C(=O)C(=O)N(CC(=O)OCC)S(=O)(=O)C(F)(F)F)S(=O)(=O)C(F)(F)F. The number of sulfonamides is 2. The number of carbonyl (C=O) groups is 4. The summed E-state index contributed by atoms with van der Waals surface area (Å²) in [4.78, 5) is 47.0. The Hall–Kier alpha value is -2.64. The second kappa shape index (κ2) is 10.3. The number of ether oxygens (including phenoxy) is 2. The summed E-state index contributed by atoms with van der Waals surface area (Å²) in [6, 6.07) is 0. The van der Waals surface area contributed by atoms with Crippen molar-refractivity contribution in [2.75, 3.05) is 26.3 Å². The number of nitrogens with zero attached hydrogens (tertiary/aromatic N) is 2. The summed E-state index contributed by atoms with van der Waals surface area (Å²) in [5.74, 6) is -9.80. The predicted molar refractivity (Wildman–Crippen MR) is 86.6 cm³/mol. The third-order valence-electron chi connectivity index (χ3n) is 2.96. The summed E-state index contributed by atoms with van der Waals surface area (Å²) in [7, 11) is -13.8. The number of alkyl halides is 6. The van der Waals surface area contributed by atoms with Crippen LogP contribution in [0.25, 0.3) is 0 Å². The van der Waals surface area contributed by atoms with E-state index in [9.17, 15) is 62.4 Å². The van der Waals surface area contributed by atoms with Gasteiger partial charge in [-0.2, -0.15) is 43.2 Å². The molecule has 0 N–H and O–H groups in total. The van der Waals surface area contributed by atoms with E-state index in [4.69, 9.17) is 0 Å². The molecule has 0 aromatic heterocycles. The van der Waals surface area contributed by atoms with E-state index in [1.165, 1.54) is 0 Å². The minimum atomic E-state index is -6.91. The van der Waals surface area contributed by atoms with Gasteiger partial charge in [0.1, 0.15) is 13.1 Å². The number of amides is 2. The van der Waals surface area contributed by atoms with Crippen LogP contribution < -0.4 is 0 Å². The van der Waals surface area contributed by atoms with Crippen LogP contribution in [0.4, 0.5) is 26.3 Å². The van der Waals surface area contributed by atoms with E-state index < -0.39 is 89.7 Å². The van der Waals surface area contributed by atoms with Crippen LogP contribution in [0.2, 0.25) is 0 Å². The molecule has 186 valence electrons. The van der Waals surface area contributed by atoms with Crippen LogP contribution in [0.5, 0.6) is 0 Å². The summed E-state index contributed by atoms with van der Waals surface area (Å²) >= 11 is 0. The van der Waals surface area contributed by atoms with Crippen LogP contribution in [0.1, 0.15) is 13.8 Å². The fraction of sp³-hybridized carbons (Fsp3) is 0.667. The second-order valence-corrected chi connectivity index (χ2v) is 8.84. The largest absolute Gasteiger partial charge is 0.516 e. The lowest BCUT2D eigenvalue weighted by Gasteiger charge is -2.26. The Labute approximate surface area is 176 Å². The number of rotatable bonds is 8. The lowest BCUT2D eigenvalue weighted by Crippen LogP contribution is -2.56. The molecule has 0 saturated carbocycles. The first-order valence-corrected chi connectivity index (χ1v) is 10.7. The number of esters is 2. The first-order valence-electron chi connectivity index (χ1n) is 7.83. The second-order valence-electron chi connectivity index (χ2n) is 5.14. The molecule has 0 rings (SSSR count). The number of hydrogen-bond acceptors (Lipinski definition) is 10. The number of halogens is 6. The van der Waals surface area contributed by atoms with Crippen LogP contribution in [0.15, 0.2) is 0 Å². The van der Waals surface area contributed by atoms with Crippen molar-refractivity contribution >= 4 is 43.8 Å². The highest BCUT2D eigenvalue weighted by Crippen LogP contribution is 2.30. The van der Waals surface area contributed by atoms with Crippen molar-refractivity contribution in [3.05, 3.63) is 0 Å². The molecule has 0 aliphatic heterocycles. The van der Waals surface area contributed by atoms with Crippen molar-refractivity contribution in [1.29, 1.82) is 0 Å². The molecule has 0 aromatic carbocycles. The normalized spacial score (nSPS) is 12.6. The molecule has 0 fully saturated rings. The zero-order chi connectivity index (χ0) is 25.7. The van der Waals surface area contributed by atoms with E-state index >= 15 is 0 Å². The molecule has 0 bridgehead atoms. The topological polar surface area (TPSA) is 162 Å².